The smallest absolute Gasteiger partial charge is 0.266 e. The number of nitrogens with two attached hydrogens (primary N) is 1. The number of aliphatic imine (C=N–C) groups is 1. The summed E-state index contributed by atoms with van der Waals surface area (Å²) in [7, 11) is 1.52. The van der Waals surface area contributed by atoms with Crippen LogP contribution in [-0.2, 0) is 17.0 Å². The SMILES string of the molecule is CN1C(=O)C(c2ccnc(CF)c2)(c2ccc(O)c(-c3cccnn3)c2)N=C1N. The number of nitrogens with zero attached hydrogens (tertiary/aromatic N) is 5. The first kappa shape index (κ1) is 18.5. The van der Waals surface area contributed by atoms with Crippen LogP contribution in [0.25, 0.3) is 11.3 Å². The number of aromatic nitrogens is 3. The van der Waals surface area contributed by atoms with Crippen molar-refractivity contribution in [2.45, 2.75) is 12.2 Å². The molecule has 0 saturated carbocycles. The molecule has 8 nitrogen and oxygen atoms in total. The summed E-state index contributed by atoms with van der Waals surface area (Å²) in [5.41, 5.74) is 6.28. The summed E-state index contributed by atoms with van der Waals surface area (Å²) in [5, 5.41) is 18.2. The number of carbonyl (C=O) groups excluding carboxylic acids is 1. The van der Waals surface area contributed by atoms with Gasteiger partial charge in [-0.3, -0.25) is 14.7 Å². The lowest BCUT2D eigenvalue weighted by molar-refractivity contribution is -0.129. The highest BCUT2D eigenvalue weighted by molar-refractivity contribution is 6.09. The van der Waals surface area contributed by atoms with E-state index >= 15 is 0 Å². The maximum atomic E-state index is 13.3. The summed E-state index contributed by atoms with van der Waals surface area (Å²) in [6.07, 6.45) is 2.94. The number of pyridine rings is 1. The van der Waals surface area contributed by atoms with Gasteiger partial charge >= 0.3 is 0 Å². The number of carbonyl (C=O) groups is 1. The zero-order chi connectivity index (χ0) is 20.6. The lowest BCUT2D eigenvalue weighted by atomic mass is 9.82. The number of guanidine groups is 1. The highest BCUT2D eigenvalue weighted by atomic mass is 19.1. The van der Waals surface area contributed by atoms with Gasteiger partial charge in [-0.2, -0.15) is 10.2 Å². The van der Waals surface area contributed by atoms with Crippen molar-refractivity contribution >= 4 is 11.9 Å². The first-order valence-electron chi connectivity index (χ1n) is 8.74. The van der Waals surface area contributed by atoms with E-state index in [9.17, 15) is 14.3 Å². The van der Waals surface area contributed by atoms with Crippen LogP contribution in [0.2, 0.25) is 0 Å². The van der Waals surface area contributed by atoms with Crippen molar-refractivity contribution in [3.63, 3.8) is 0 Å². The molecule has 3 aromatic rings. The predicted molar refractivity (Wildman–Crippen MR) is 103 cm³/mol. The highest BCUT2D eigenvalue weighted by Gasteiger charge is 2.49. The van der Waals surface area contributed by atoms with Crippen molar-refractivity contribution in [1.82, 2.24) is 20.1 Å². The molecule has 1 unspecified atom stereocenters. The van der Waals surface area contributed by atoms with Gasteiger partial charge in [0.2, 0.25) is 0 Å². The molecule has 1 aliphatic rings. The number of alkyl halides is 1. The number of likely N-dealkylation sites (N-methyl/N-ethyl adjacent to an activating group) is 1. The molecular formula is C20H17FN6O2. The molecule has 0 aliphatic carbocycles. The van der Waals surface area contributed by atoms with E-state index in [1.807, 2.05) is 0 Å². The number of benzene rings is 1. The Bertz CT molecular complexity index is 1120. The normalized spacial score (nSPS) is 18.8. The monoisotopic (exact) mass is 392 g/mol. The topological polar surface area (TPSA) is 118 Å². The number of aromatic hydroxyl groups is 1. The van der Waals surface area contributed by atoms with Crippen molar-refractivity contribution < 1.29 is 14.3 Å². The molecule has 0 radical (unpaired) electrons. The van der Waals surface area contributed by atoms with E-state index in [2.05, 4.69) is 20.2 Å². The number of hydrogen-bond acceptors (Lipinski definition) is 7. The van der Waals surface area contributed by atoms with Crippen molar-refractivity contribution in [2.24, 2.45) is 10.7 Å². The van der Waals surface area contributed by atoms with Crippen LogP contribution < -0.4 is 5.73 Å². The molecule has 0 bridgehead atoms. The number of halogens is 1. The Morgan fingerprint density at radius 3 is 2.62 bits per heavy atom. The minimum atomic E-state index is -1.53. The maximum absolute atomic E-state index is 13.3. The van der Waals surface area contributed by atoms with Crippen molar-refractivity contribution in [3.05, 3.63) is 71.7 Å². The van der Waals surface area contributed by atoms with Crippen LogP contribution in [0.4, 0.5) is 4.39 Å². The van der Waals surface area contributed by atoms with Crippen LogP contribution in [-0.4, -0.2) is 44.1 Å². The van der Waals surface area contributed by atoms with Gasteiger partial charge in [-0.25, -0.2) is 9.38 Å². The molecule has 1 amide bonds. The Balaban J connectivity index is 1.98. The fourth-order valence-corrected chi connectivity index (χ4v) is 3.37. The highest BCUT2D eigenvalue weighted by Crippen LogP contribution is 2.42. The van der Waals surface area contributed by atoms with Gasteiger partial charge < -0.3 is 10.8 Å². The molecule has 2 aromatic heterocycles. The first-order valence-corrected chi connectivity index (χ1v) is 8.74. The van der Waals surface area contributed by atoms with Crippen LogP contribution in [0.5, 0.6) is 5.75 Å². The fraction of sp³-hybridized carbons (Fsp3) is 0.150. The molecule has 0 spiro atoms. The van der Waals surface area contributed by atoms with Crippen LogP contribution in [0.1, 0.15) is 16.8 Å². The molecule has 3 N–H and O–H groups in total. The van der Waals surface area contributed by atoms with E-state index < -0.39 is 18.1 Å². The molecule has 0 fully saturated rings. The Morgan fingerprint density at radius 2 is 1.97 bits per heavy atom. The van der Waals surface area contributed by atoms with Gasteiger partial charge in [0, 0.05) is 25.0 Å². The van der Waals surface area contributed by atoms with Gasteiger partial charge in [0.1, 0.15) is 12.4 Å². The third kappa shape index (κ3) is 2.87. The molecule has 9 heteroatoms. The molecule has 0 saturated heterocycles. The zero-order valence-electron chi connectivity index (χ0n) is 15.5. The third-order valence-electron chi connectivity index (χ3n) is 4.87. The number of phenols is 1. The van der Waals surface area contributed by atoms with Crippen molar-refractivity contribution in [2.75, 3.05) is 7.05 Å². The minimum Gasteiger partial charge on any atom is -0.507 e. The average Bonchev–Trinajstić information content (AvgIpc) is 2.99. The molecule has 4 rings (SSSR count). The van der Waals surface area contributed by atoms with Crippen LogP contribution in [0.3, 0.4) is 0 Å². The van der Waals surface area contributed by atoms with E-state index in [0.29, 0.717) is 22.4 Å². The lowest BCUT2D eigenvalue weighted by Gasteiger charge is -2.26. The molecule has 1 aromatic carbocycles. The molecule has 146 valence electrons. The second kappa shape index (κ2) is 6.93. The fourth-order valence-electron chi connectivity index (χ4n) is 3.37. The largest absolute Gasteiger partial charge is 0.507 e. The summed E-state index contributed by atoms with van der Waals surface area (Å²) in [6.45, 7) is -0.784. The average molecular weight is 392 g/mol. The molecule has 3 heterocycles. The minimum absolute atomic E-state index is 0.0284. The molecule has 29 heavy (non-hydrogen) atoms. The van der Waals surface area contributed by atoms with Gasteiger partial charge in [0.15, 0.2) is 11.5 Å². The van der Waals surface area contributed by atoms with Crippen LogP contribution in [0.15, 0.2) is 59.9 Å². The zero-order valence-corrected chi connectivity index (χ0v) is 15.5. The van der Waals surface area contributed by atoms with Crippen molar-refractivity contribution in [3.8, 4) is 17.0 Å². The van der Waals surface area contributed by atoms with Gasteiger partial charge in [-0.15, -0.1) is 0 Å². The van der Waals surface area contributed by atoms with Gasteiger partial charge in [0.25, 0.3) is 5.91 Å². The quantitative estimate of drug-likeness (QED) is 0.698. The number of amides is 1. The van der Waals surface area contributed by atoms with Crippen LogP contribution >= 0.6 is 0 Å². The summed E-state index contributed by atoms with van der Waals surface area (Å²) < 4.78 is 13.2. The second-order valence-electron chi connectivity index (χ2n) is 6.55. The Kier molecular flexibility index (Phi) is 4.42. The predicted octanol–water partition coefficient (Wildman–Crippen LogP) is 1.74. The second-order valence-corrected chi connectivity index (χ2v) is 6.55. The summed E-state index contributed by atoms with van der Waals surface area (Å²) >= 11 is 0. The third-order valence-corrected chi connectivity index (χ3v) is 4.87. The molecule has 1 aliphatic heterocycles. The van der Waals surface area contributed by atoms with Gasteiger partial charge in [-0.05, 0) is 47.5 Å². The summed E-state index contributed by atoms with van der Waals surface area (Å²) in [4.78, 5) is 23.0. The standard InChI is InChI=1S/C20H17FN6O2/c1-27-18(29)20(25-19(27)22,13-6-8-23-14(9-13)11-21)12-4-5-17(28)15(10-12)16-3-2-7-24-26-16/h2-10,28H,11H2,1H3,(H2,22,25). The lowest BCUT2D eigenvalue weighted by Crippen LogP contribution is -2.41. The van der Waals surface area contributed by atoms with E-state index in [-0.39, 0.29) is 17.4 Å². The number of hydrogen-bond donors (Lipinski definition) is 2. The van der Waals surface area contributed by atoms with E-state index in [4.69, 9.17) is 5.73 Å². The maximum Gasteiger partial charge on any atom is 0.266 e. The summed E-state index contributed by atoms with van der Waals surface area (Å²) in [6, 6.07) is 11.1. The van der Waals surface area contributed by atoms with E-state index in [1.54, 1.807) is 30.3 Å². The Hall–Kier alpha value is -3.88. The summed E-state index contributed by atoms with van der Waals surface area (Å²) in [5.74, 6) is -0.399. The molecular weight excluding hydrogens is 375 g/mol. The van der Waals surface area contributed by atoms with E-state index in [0.717, 1.165) is 0 Å². The number of phenolic OH excluding ortho intramolecular Hbond substituents is 1. The van der Waals surface area contributed by atoms with Gasteiger partial charge in [-0.1, -0.05) is 6.07 Å². The Labute approximate surface area is 165 Å². The Morgan fingerprint density at radius 1 is 1.17 bits per heavy atom. The molecule has 1 atom stereocenters. The van der Waals surface area contributed by atoms with Crippen molar-refractivity contribution in [1.29, 1.82) is 0 Å². The van der Waals surface area contributed by atoms with E-state index in [1.165, 1.54) is 36.5 Å². The number of rotatable bonds is 4. The van der Waals surface area contributed by atoms with Gasteiger partial charge in [0.05, 0.1) is 11.4 Å². The first-order chi connectivity index (χ1) is 14.0. The van der Waals surface area contributed by atoms with Crippen LogP contribution in [0, 0.1) is 0 Å².